The smallest absolute Gasteiger partial charge is 0.167 e. The monoisotopic (exact) mass is 502 g/mol. The molecule has 1 aromatic carbocycles. The fourth-order valence-electron chi connectivity index (χ4n) is 3.51. The van der Waals surface area contributed by atoms with Crippen molar-refractivity contribution >= 4 is 31.9 Å². The molecule has 1 unspecified atom stereocenters. The van der Waals surface area contributed by atoms with Gasteiger partial charge in [-0.25, -0.2) is 17.6 Å². The summed E-state index contributed by atoms with van der Waals surface area (Å²) in [5.41, 5.74) is -1.57. The Hall–Kier alpha value is -0.440. The summed E-state index contributed by atoms with van der Waals surface area (Å²) in [6, 6.07) is 0. The highest BCUT2D eigenvalue weighted by Crippen LogP contribution is 2.62. The van der Waals surface area contributed by atoms with Crippen molar-refractivity contribution in [1.29, 1.82) is 0 Å². The van der Waals surface area contributed by atoms with Crippen LogP contribution in [0.2, 0.25) is 0 Å². The molecule has 1 fully saturated rings. The molecule has 2 rings (SSSR count). The zero-order valence-corrected chi connectivity index (χ0v) is 18.0. The van der Waals surface area contributed by atoms with Gasteiger partial charge in [-0.3, -0.25) is 0 Å². The Labute approximate surface area is 167 Å². The number of methoxy groups -OCH3 is 1. The Kier molecular flexibility index (Phi) is 6.97. The van der Waals surface area contributed by atoms with Crippen LogP contribution in [0.25, 0.3) is 0 Å². The molecule has 1 saturated carbocycles. The summed E-state index contributed by atoms with van der Waals surface area (Å²) in [6.45, 7) is 4.78. The van der Waals surface area contributed by atoms with Gasteiger partial charge in [0.15, 0.2) is 23.3 Å². The highest BCUT2D eigenvalue weighted by molar-refractivity contribution is 9.28. The van der Waals surface area contributed by atoms with E-state index in [0.29, 0.717) is 0 Å². The molecule has 1 aliphatic rings. The molecule has 1 aromatic rings. The van der Waals surface area contributed by atoms with Crippen LogP contribution in [0.4, 0.5) is 17.6 Å². The third-order valence-electron chi connectivity index (χ3n) is 5.03. The number of halogens is 6. The first kappa shape index (κ1) is 21.9. The predicted octanol–water partition coefficient (Wildman–Crippen LogP) is 6.20. The number of ether oxygens (including phenoxy) is 2. The van der Waals surface area contributed by atoms with Crippen LogP contribution in [-0.4, -0.2) is 13.2 Å². The molecule has 0 radical (unpaired) electrons. The molecule has 0 aliphatic heterocycles. The van der Waals surface area contributed by atoms with Crippen molar-refractivity contribution in [1.82, 2.24) is 0 Å². The molecular weight excluding hydrogens is 484 g/mol. The molecule has 0 spiro atoms. The number of benzene rings is 1. The van der Waals surface area contributed by atoms with E-state index < -0.39 is 47.6 Å². The second-order valence-electron chi connectivity index (χ2n) is 6.99. The highest BCUT2D eigenvalue weighted by Gasteiger charge is 2.59. The Balaban J connectivity index is 2.17. The molecule has 26 heavy (non-hydrogen) atoms. The Morgan fingerprint density at radius 3 is 1.92 bits per heavy atom. The molecule has 0 saturated heterocycles. The van der Waals surface area contributed by atoms with E-state index in [4.69, 9.17) is 4.74 Å². The standard InChI is InChI=1S/C18H20Br2F4O2/c1-8(13-11(5-12(19)20)18(13,2)3)26-7-10-16(23)14(21)9(6-25-4)15(22)17(10)24/h5,8,11,13H,6-7H2,1-4H3/t8?,11-,13+/m1/s1. The van der Waals surface area contributed by atoms with Gasteiger partial charge in [-0.2, -0.15) is 0 Å². The average molecular weight is 504 g/mol. The van der Waals surface area contributed by atoms with Crippen LogP contribution in [0.3, 0.4) is 0 Å². The second-order valence-corrected chi connectivity index (χ2v) is 9.76. The minimum atomic E-state index is -1.45. The summed E-state index contributed by atoms with van der Waals surface area (Å²) in [7, 11) is 1.18. The van der Waals surface area contributed by atoms with Gasteiger partial charge in [0, 0.05) is 7.11 Å². The molecule has 0 N–H and O–H groups in total. The van der Waals surface area contributed by atoms with Gasteiger partial charge in [-0.1, -0.05) is 19.9 Å². The topological polar surface area (TPSA) is 18.5 Å². The maximum absolute atomic E-state index is 14.2. The van der Waals surface area contributed by atoms with Crippen molar-refractivity contribution in [3.63, 3.8) is 0 Å². The van der Waals surface area contributed by atoms with E-state index in [1.165, 1.54) is 7.11 Å². The molecule has 3 atom stereocenters. The fourth-order valence-corrected chi connectivity index (χ4v) is 4.08. The molecule has 0 bridgehead atoms. The molecule has 146 valence electrons. The molecular formula is C18H20Br2F4O2. The molecule has 8 heteroatoms. The van der Waals surface area contributed by atoms with Gasteiger partial charge < -0.3 is 9.47 Å². The second kappa shape index (κ2) is 8.29. The third-order valence-corrected chi connectivity index (χ3v) is 5.56. The zero-order valence-electron chi connectivity index (χ0n) is 14.8. The maximum Gasteiger partial charge on any atom is 0.167 e. The normalized spacial score (nSPS) is 22.2. The Morgan fingerprint density at radius 2 is 1.50 bits per heavy atom. The molecule has 2 nitrogen and oxygen atoms in total. The summed E-state index contributed by atoms with van der Waals surface area (Å²) in [6.07, 6.45) is 1.64. The number of hydrogen-bond donors (Lipinski definition) is 0. The van der Waals surface area contributed by atoms with Crippen molar-refractivity contribution in [2.24, 2.45) is 17.3 Å². The molecule has 0 aromatic heterocycles. The Morgan fingerprint density at radius 1 is 1.04 bits per heavy atom. The van der Waals surface area contributed by atoms with Crippen LogP contribution in [0, 0.1) is 40.5 Å². The molecule has 0 heterocycles. The van der Waals surface area contributed by atoms with E-state index in [9.17, 15) is 17.6 Å². The van der Waals surface area contributed by atoms with Crippen molar-refractivity contribution in [3.8, 4) is 0 Å². The van der Waals surface area contributed by atoms with Gasteiger partial charge >= 0.3 is 0 Å². The van der Waals surface area contributed by atoms with Gasteiger partial charge in [0.25, 0.3) is 0 Å². The van der Waals surface area contributed by atoms with Crippen LogP contribution in [0.15, 0.2) is 9.47 Å². The largest absolute Gasteiger partial charge is 0.380 e. The first-order valence-corrected chi connectivity index (χ1v) is 9.59. The van der Waals surface area contributed by atoms with E-state index >= 15 is 0 Å². The number of rotatable bonds is 7. The van der Waals surface area contributed by atoms with Crippen LogP contribution < -0.4 is 0 Å². The van der Waals surface area contributed by atoms with E-state index in [0.717, 1.165) is 3.39 Å². The summed E-state index contributed by atoms with van der Waals surface area (Å²) >= 11 is 6.64. The summed E-state index contributed by atoms with van der Waals surface area (Å²) in [4.78, 5) is 0. The van der Waals surface area contributed by atoms with Gasteiger partial charge in [0.2, 0.25) is 0 Å². The molecule has 1 aliphatic carbocycles. The lowest BCUT2D eigenvalue weighted by Gasteiger charge is -2.17. The molecule has 0 amide bonds. The zero-order chi connectivity index (χ0) is 19.8. The van der Waals surface area contributed by atoms with Crippen LogP contribution >= 0.6 is 31.9 Å². The quantitative estimate of drug-likeness (QED) is 0.326. The fraction of sp³-hybridized carbons (Fsp3) is 0.556. The first-order chi connectivity index (χ1) is 12.0. The van der Waals surface area contributed by atoms with E-state index in [1.54, 1.807) is 6.92 Å². The van der Waals surface area contributed by atoms with Crippen molar-refractivity contribution in [2.45, 2.75) is 40.1 Å². The summed E-state index contributed by atoms with van der Waals surface area (Å²) in [5, 5.41) is 0. The summed E-state index contributed by atoms with van der Waals surface area (Å²) in [5.74, 6) is -5.48. The Bertz CT molecular complexity index is 689. The van der Waals surface area contributed by atoms with Gasteiger partial charge in [-0.15, -0.1) is 0 Å². The SMILES string of the molecule is COCc1c(F)c(F)c(COC(C)[C@H]2[C@@H](C=C(Br)Br)C2(C)C)c(F)c1F. The minimum absolute atomic E-state index is 0.0535. The van der Waals surface area contributed by atoms with Crippen LogP contribution in [0.1, 0.15) is 31.9 Å². The van der Waals surface area contributed by atoms with Gasteiger partial charge in [0.05, 0.1) is 33.8 Å². The van der Waals surface area contributed by atoms with Crippen LogP contribution in [-0.2, 0) is 22.7 Å². The third kappa shape index (κ3) is 4.18. The van der Waals surface area contributed by atoms with E-state index in [-0.39, 0.29) is 23.4 Å². The maximum atomic E-state index is 14.2. The van der Waals surface area contributed by atoms with Crippen molar-refractivity contribution in [3.05, 3.63) is 43.9 Å². The minimum Gasteiger partial charge on any atom is -0.380 e. The number of hydrogen-bond acceptors (Lipinski definition) is 2. The van der Waals surface area contributed by atoms with Gasteiger partial charge in [0.1, 0.15) is 0 Å². The van der Waals surface area contributed by atoms with E-state index in [2.05, 4.69) is 50.4 Å². The average Bonchev–Trinajstić information content (AvgIpc) is 3.09. The lowest BCUT2D eigenvalue weighted by molar-refractivity contribution is 0.0261. The van der Waals surface area contributed by atoms with Crippen molar-refractivity contribution in [2.75, 3.05) is 7.11 Å². The number of allylic oxidation sites excluding steroid dienone is 1. The van der Waals surface area contributed by atoms with Crippen LogP contribution in [0.5, 0.6) is 0 Å². The first-order valence-electron chi connectivity index (χ1n) is 8.01. The van der Waals surface area contributed by atoms with Crippen molar-refractivity contribution < 1.29 is 27.0 Å². The summed E-state index contributed by atoms with van der Waals surface area (Å²) < 4.78 is 67.2. The lowest BCUT2D eigenvalue weighted by atomic mass is 10.1. The highest BCUT2D eigenvalue weighted by atomic mass is 79.9. The van der Waals surface area contributed by atoms with Gasteiger partial charge in [-0.05, 0) is 56.0 Å². The van der Waals surface area contributed by atoms with E-state index in [1.807, 2.05) is 6.08 Å². The lowest BCUT2D eigenvalue weighted by Crippen LogP contribution is -2.17. The predicted molar refractivity (Wildman–Crippen MR) is 97.9 cm³/mol.